The van der Waals surface area contributed by atoms with Gasteiger partial charge >= 0.3 is 5.97 Å². The number of fused-ring (bicyclic) bond motifs is 1. The highest BCUT2D eigenvalue weighted by Crippen LogP contribution is 2.27. The maximum absolute atomic E-state index is 11.2. The van der Waals surface area contributed by atoms with Crippen molar-refractivity contribution in [1.29, 1.82) is 0 Å². The Morgan fingerprint density at radius 3 is 2.69 bits per heavy atom. The average Bonchev–Trinajstić information content (AvgIpc) is 3.15. The third-order valence-corrected chi connectivity index (χ3v) is 4.19. The molecule has 0 saturated heterocycles. The Labute approximate surface area is 183 Å². The Morgan fingerprint density at radius 2 is 1.97 bits per heavy atom. The smallest absolute Gasteiger partial charge is 0.335 e. The standard InChI is InChI=1S/C19H14ClN5O2.2ClH/c20-13-4-5-16-15(9-13)18(22-14-3-1-2-12(8-14)19(26)27)24-17(23-16)10-25-7-6-21-11-25;;/h1-9,11H,10H2,(H,26,27)(H,22,23,24);2*1H. The summed E-state index contributed by atoms with van der Waals surface area (Å²) in [6.07, 6.45) is 5.22. The second-order valence-electron chi connectivity index (χ2n) is 5.90. The first-order chi connectivity index (χ1) is 13.1. The van der Waals surface area contributed by atoms with Gasteiger partial charge in [0.2, 0.25) is 0 Å². The summed E-state index contributed by atoms with van der Waals surface area (Å²) in [6, 6.07) is 11.9. The van der Waals surface area contributed by atoms with Crippen LogP contribution in [-0.2, 0) is 6.54 Å². The van der Waals surface area contributed by atoms with E-state index in [1.54, 1.807) is 42.9 Å². The van der Waals surface area contributed by atoms with Gasteiger partial charge < -0.3 is 15.0 Å². The fourth-order valence-electron chi connectivity index (χ4n) is 2.73. The zero-order chi connectivity index (χ0) is 18.8. The quantitative estimate of drug-likeness (QED) is 0.451. The molecule has 150 valence electrons. The number of aromatic carboxylic acids is 1. The van der Waals surface area contributed by atoms with Gasteiger partial charge in [0.05, 0.1) is 24.0 Å². The van der Waals surface area contributed by atoms with Crippen LogP contribution in [0.4, 0.5) is 11.5 Å². The number of carboxylic acids is 1. The predicted molar refractivity (Wildman–Crippen MR) is 117 cm³/mol. The second kappa shape index (κ2) is 9.56. The van der Waals surface area contributed by atoms with Crippen molar-refractivity contribution in [2.24, 2.45) is 0 Å². The number of nitrogens with zero attached hydrogens (tertiary/aromatic N) is 4. The molecule has 0 aliphatic carbocycles. The molecule has 0 bridgehead atoms. The van der Waals surface area contributed by atoms with Gasteiger partial charge in [0.25, 0.3) is 0 Å². The van der Waals surface area contributed by atoms with Crippen LogP contribution in [0.15, 0.2) is 61.2 Å². The normalized spacial score (nSPS) is 10.1. The van der Waals surface area contributed by atoms with E-state index >= 15 is 0 Å². The average molecular weight is 453 g/mol. The zero-order valence-electron chi connectivity index (χ0n) is 14.8. The second-order valence-corrected chi connectivity index (χ2v) is 6.33. The minimum Gasteiger partial charge on any atom is -0.478 e. The summed E-state index contributed by atoms with van der Waals surface area (Å²) in [6.45, 7) is 0.461. The molecule has 0 radical (unpaired) electrons. The summed E-state index contributed by atoms with van der Waals surface area (Å²) in [4.78, 5) is 24.4. The maximum atomic E-state index is 11.2. The van der Waals surface area contributed by atoms with E-state index in [1.807, 2.05) is 16.8 Å². The predicted octanol–water partition coefficient (Wildman–Crippen LogP) is 4.81. The van der Waals surface area contributed by atoms with Crippen molar-refractivity contribution < 1.29 is 9.90 Å². The number of halogens is 3. The third-order valence-electron chi connectivity index (χ3n) is 3.96. The van der Waals surface area contributed by atoms with Gasteiger partial charge in [-0.15, -0.1) is 24.8 Å². The molecule has 4 rings (SSSR count). The molecule has 2 N–H and O–H groups in total. The summed E-state index contributed by atoms with van der Waals surface area (Å²) < 4.78 is 1.87. The van der Waals surface area contributed by atoms with E-state index in [0.717, 1.165) is 10.9 Å². The lowest BCUT2D eigenvalue weighted by Crippen LogP contribution is -2.06. The van der Waals surface area contributed by atoms with Gasteiger partial charge in [-0.05, 0) is 36.4 Å². The van der Waals surface area contributed by atoms with Crippen molar-refractivity contribution in [3.63, 3.8) is 0 Å². The number of aromatic nitrogens is 4. The van der Waals surface area contributed by atoms with E-state index in [4.69, 9.17) is 11.6 Å². The van der Waals surface area contributed by atoms with Gasteiger partial charge in [-0.1, -0.05) is 17.7 Å². The molecule has 0 unspecified atom stereocenters. The van der Waals surface area contributed by atoms with Gasteiger partial charge in [-0.25, -0.2) is 19.7 Å². The van der Waals surface area contributed by atoms with Crippen molar-refractivity contribution in [2.75, 3.05) is 5.32 Å². The van der Waals surface area contributed by atoms with Crippen LogP contribution in [0.25, 0.3) is 10.9 Å². The van der Waals surface area contributed by atoms with E-state index in [9.17, 15) is 9.90 Å². The van der Waals surface area contributed by atoms with E-state index in [2.05, 4.69) is 20.3 Å². The molecule has 2 heterocycles. The first-order valence-electron chi connectivity index (χ1n) is 8.11. The van der Waals surface area contributed by atoms with Crippen molar-refractivity contribution in [1.82, 2.24) is 19.5 Å². The number of carbonyl (C=O) groups is 1. The van der Waals surface area contributed by atoms with Crippen LogP contribution < -0.4 is 5.32 Å². The molecule has 0 fully saturated rings. The molecule has 0 saturated carbocycles. The molecule has 4 aromatic rings. The molecule has 7 nitrogen and oxygen atoms in total. The van der Waals surface area contributed by atoms with Crippen LogP contribution in [0.1, 0.15) is 16.2 Å². The van der Waals surface area contributed by atoms with Crippen LogP contribution >= 0.6 is 36.4 Å². The molecule has 0 aliphatic heterocycles. The summed E-state index contributed by atoms with van der Waals surface area (Å²) in [5, 5.41) is 13.7. The Bertz CT molecular complexity index is 1140. The maximum Gasteiger partial charge on any atom is 0.335 e. The fourth-order valence-corrected chi connectivity index (χ4v) is 2.90. The zero-order valence-corrected chi connectivity index (χ0v) is 17.2. The largest absolute Gasteiger partial charge is 0.478 e. The summed E-state index contributed by atoms with van der Waals surface area (Å²) >= 11 is 6.14. The lowest BCUT2D eigenvalue weighted by atomic mass is 10.2. The fraction of sp³-hybridized carbons (Fsp3) is 0.0526. The minimum atomic E-state index is -0.991. The highest BCUT2D eigenvalue weighted by Gasteiger charge is 2.11. The van der Waals surface area contributed by atoms with Gasteiger partial charge in [-0.2, -0.15) is 0 Å². The van der Waals surface area contributed by atoms with Crippen LogP contribution in [0.2, 0.25) is 5.02 Å². The van der Waals surface area contributed by atoms with Crippen LogP contribution in [0.5, 0.6) is 0 Å². The highest BCUT2D eigenvalue weighted by atomic mass is 35.5. The SMILES string of the molecule is Cl.Cl.O=C(O)c1cccc(Nc2nc(Cn3ccnc3)nc3ccc(Cl)cc23)c1. The van der Waals surface area contributed by atoms with E-state index in [1.165, 1.54) is 6.07 Å². The number of anilines is 2. The molecular weight excluding hydrogens is 437 g/mol. The summed E-state index contributed by atoms with van der Waals surface area (Å²) in [5.41, 5.74) is 1.54. The third kappa shape index (κ3) is 5.14. The van der Waals surface area contributed by atoms with E-state index in [0.29, 0.717) is 28.9 Å². The van der Waals surface area contributed by atoms with Crippen molar-refractivity contribution in [3.8, 4) is 0 Å². The number of benzene rings is 2. The molecule has 0 atom stereocenters. The molecule has 0 spiro atoms. The van der Waals surface area contributed by atoms with Crippen LogP contribution in [0.3, 0.4) is 0 Å². The monoisotopic (exact) mass is 451 g/mol. The molecule has 29 heavy (non-hydrogen) atoms. The minimum absolute atomic E-state index is 0. The first kappa shape index (κ1) is 22.4. The number of hydrogen-bond acceptors (Lipinski definition) is 5. The summed E-state index contributed by atoms with van der Waals surface area (Å²) in [5.74, 6) is 0.162. The molecular formula is C19H16Cl3N5O2. The Morgan fingerprint density at radius 1 is 1.14 bits per heavy atom. The van der Waals surface area contributed by atoms with E-state index in [-0.39, 0.29) is 30.4 Å². The van der Waals surface area contributed by atoms with Crippen molar-refractivity contribution in [2.45, 2.75) is 6.54 Å². The number of carboxylic acid groups (broad SMARTS) is 1. The topological polar surface area (TPSA) is 92.9 Å². The number of hydrogen-bond donors (Lipinski definition) is 2. The molecule has 0 aliphatic rings. The van der Waals surface area contributed by atoms with Gasteiger partial charge in [-0.3, -0.25) is 0 Å². The lowest BCUT2D eigenvalue weighted by Gasteiger charge is -2.12. The van der Waals surface area contributed by atoms with Gasteiger partial charge in [0.1, 0.15) is 5.82 Å². The molecule has 2 aromatic heterocycles. The number of rotatable bonds is 5. The number of imidazole rings is 1. The van der Waals surface area contributed by atoms with Gasteiger partial charge in [0.15, 0.2) is 5.82 Å². The Balaban J connectivity index is 0.00000150. The Hall–Kier alpha value is -2.87. The number of nitrogens with one attached hydrogen (secondary N) is 1. The van der Waals surface area contributed by atoms with Crippen LogP contribution in [0, 0.1) is 0 Å². The lowest BCUT2D eigenvalue weighted by molar-refractivity contribution is 0.0697. The molecule has 0 amide bonds. The van der Waals surface area contributed by atoms with E-state index < -0.39 is 5.97 Å². The molecule has 10 heteroatoms. The highest BCUT2D eigenvalue weighted by molar-refractivity contribution is 6.31. The molecule has 2 aromatic carbocycles. The van der Waals surface area contributed by atoms with Gasteiger partial charge in [0, 0.05) is 28.5 Å². The van der Waals surface area contributed by atoms with Crippen molar-refractivity contribution in [3.05, 3.63) is 77.6 Å². The van der Waals surface area contributed by atoms with Crippen LogP contribution in [-0.4, -0.2) is 30.6 Å². The Kier molecular flexibility index (Phi) is 7.39. The first-order valence-corrected chi connectivity index (χ1v) is 8.48. The summed E-state index contributed by atoms with van der Waals surface area (Å²) in [7, 11) is 0. The van der Waals surface area contributed by atoms with Crippen molar-refractivity contribution >= 4 is 64.8 Å².